The van der Waals surface area contributed by atoms with Crippen molar-refractivity contribution < 1.29 is 9.18 Å². The lowest BCUT2D eigenvalue weighted by molar-refractivity contribution is 0.0991. The molecular formula is C10H9BrClFO. The van der Waals surface area contributed by atoms with E-state index >= 15 is 0 Å². The number of ketones is 1. The Morgan fingerprint density at radius 1 is 1.57 bits per heavy atom. The van der Waals surface area contributed by atoms with Gasteiger partial charge in [-0.05, 0) is 30.7 Å². The molecule has 76 valence electrons. The van der Waals surface area contributed by atoms with Gasteiger partial charge in [0.1, 0.15) is 6.67 Å². The van der Waals surface area contributed by atoms with Gasteiger partial charge >= 0.3 is 0 Å². The Morgan fingerprint density at radius 3 is 2.71 bits per heavy atom. The van der Waals surface area contributed by atoms with Crippen molar-refractivity contribution in [3.8, 4) is 0 Å². The highest BCUT2D eigenvalue weighted by atomic mass is 79.9. The first-order valence-corrected chi connectivity index (χ1v) is 5.31. The molecular weight excluding hydrogens is 270 g/mol. The van der Waals surface area contributed by atoms with Crippen LogP contribution in [0.25, 0.3) is 0 Å². The molecule has 0 saturated heterocycles. The first-order chi connectivity index (χ1) is 6.54. The van der Waals surface area contributed by atoms with Crippen LogP contribution >= 0.6 is 27.5 Å². The molecule has 0 aliphatic heterocycles. The summed E-state index contributed by atoms with van der Waals surface area (Å²) in [6, 6.07) is 4.79. The van der Waals surface area contributed by atoms with E-state index in [1.54, 1.807) is 19.1 Å². The lowest BCUT2D eigenvalue weighted by Crippen LogP contribution is -2.10. The molecule has 1 atom stereocenters. The maximum atomic E-state index is 12.4. The lowest BCUT2D eigenvalue weighted by atomic mass is 10.1. The Balaban J connectivity index is 3.09. The summed E-state index contributed by atoms with van der Waals surface area (Å²) < 4.78 is 13.1. The van der Waals surface area contributed by atoms with Crippen molar-refractivity contribution in [3.63, 3.8) is 0 Å². The van der Waals surface area contributed by atoms with E-state index in [4.69, 9.17) is 11.6 Å². The normalized spacial score (nSPS) is 12.6. The summed E-state index contributed by atoms with van der Waals surface area (Å²) in [4.78, 5) is 11.5. The van der Waals surface area contributed by atoms with Crippen molar-refractivity contribution in [2.45, 2.75) is 19.0 Å². The molecule has 1 nitrogen and oxygen atoms in total. The average molecular weight is 280 g/mol. The minimum Gasteiger partial charge on any atom is -0.293 e. The molecule has 0 radical (unpaired) electrons. The number of halogens is 3. The Labute approximate surface area is 95.4 Å². The molecule has 1 aromatic carbocycles. The molecule has 0 N–H and O–H groups in total. The summed E-state index contributed by atoms with van der Waals surface area (Å²) >= 11 is 8.86. The summed E-state index contributed by atoms with van der Waals surface area (Å²) in [6.45, 7) is 1.01. The molecule has 4 heteroatoms. The zero-order chi connectivity index (χ0) is 10.7. The van der Waals surface area contributed by atoms with Crippen LogP contribution in [0.15, 0.2) is 22.7 Å². The number of rotatable bonds is 3. The summed E-state index contributed by atoms with van der Waals surface area (Å²) in [5, 5.41) is -0.586. The Morgan fingerprint density at radius 2 is 2.21 bits per heavy atom. The van der Waals surface area contributed by atoms with Crippen molar-refractivity contribution in [2.24, 2.45) is 0 Å². The van der Waals surface area contributed by atoms with Gasteiger partial charge in [-0.15, -0.1) is 11.6 Å². The van der Waals surface area contributed by atoms with Crippen LogP contribution in [0, 0.1) is 0 Å². The zero-order valence-corrected chi connectivity index (χ0v) is 9.90. The van der Waals surface area contributed by atoms with Crippen molar-refractivity contribution in [1.29, 1.82) is 0 Å². The predicted molar refractivity (Wildman–Crippen MR) is 58.6 cm³/mol. The Bertz CT molecular complexity index is 352. The van der Waals surface area contributed by atoms with Gasteiger partial charge < -0.3 is 0 Å². The van der Waals surface area contributed by atoms with Crippen LogP contribution in [0.2, 0.25) is 0 Å². The van der Waals surface area contributed by atoms with Crippen LogP contribution in [-0.2, 0) is 6.67 Å². The fraction of sp³-hybridized carbons (Fsp3) is 0.300. The third kappa shape index (κ3) is 2.79. The molecule has 0 amide bonds. The van der Waals surface area contributed by atoms with Crippen LogP contribution in [0.1, 0.15) is 22.8 Å². The summed E-state index contributed by atoms with van der Waals surface area (Å²) in [6.07, 6.45) is 0. The summed E-state index contributed by atoms with van der Waals surface area (Å²) in [7, 11) is 0. The van der Waals surface area contributed by atoms with E-state index in [0.29, 0.717) is 15.6 Å². The maximum absolute atomic E-state index is 12.4. The molecule has 0 fully saturated rings. The molecule has 14 heavy (non-hydrogen) atoms. The molecule has 1 aromatic rings. The van der Waals surface area contributed by atoms with E-state index in [9.17, 15) is 9.18 Å². The van der Waals surface area contributed by atoms with E-state index in [-0.39, 0.29) is 5.78 Å². The van der Waals surface area contributed by atoms with Gasteiger partial charge in [0.25, 0.3) is 0 Å². The van der Waals surface area contributed by atoms with Gasteiger partial charge in [0.2, 0.25) is 0 Å². The second kappa shape index (κ2) is 4.89. The van der Waals surface area contributed by atoms with E-state index in [0.717, 1.165) is 0 Å². The fourth-order valence-corrected chi connectivity index (χ4v) is 1.77. The molecule has 0 heterocycles. The van der Waals surface area contributed by atoms with Crippen LogP contribution in [0.4, 0.5) is 4.39 Å². The van der Waals surface area contributed by atoms with Crippen LogP contribution in [-0.4, -0.2) is 11.2 Å². The molecule has 0 bridgehead atoms. The Kier molecular flexibility index (Phi) is 4.08. The highest BCUT2D eigenvalue weighted by molar-refractivity contribution is 9.10. The standard InChI is InChI=1S/C10H9BrClFO/c1-6(12)10(14)8-2-7(5-13)3-9(11)4-8/h2-4,6H,5H2,1H3. The van der Waals surface area contributed by atoms with Gasteiger partial charge in [-0.25, -0.2) is 4.39 Å². The van der Waals surface area contributed by atoms with Gasteiger partial charge in [0.15, 0.2) is 5.78 Å². The van der Waals surface area contributed by atoms with Crippen molar-refractivity contribution in [3.05, 3.63) is 33.8 Å². The van der Waals surface area contributed by atoms with Gasteiger partial charge in [-0.3, -0.25) is 4.79 Å². The molecule has 0 saturated carbocycles. The predicted octanol–water partition coefficient (Wildman–Crippen LogP) is 3.73. The highest BCUT2D eigenvalue weighted by Gasteiger charge is 2.13. The largest absolute Gasteiger partial charge is 0.293 e. The average Bonchev–Trinajstić information content (AvgIpc) is 2.15. The number of carbonyl (C=O) groups is 1. The third-order valence-electron chi connectivity index (χ3n) is 1.76. The molecule has 0 aliphatic carbocycles. The number of hydrogen-bond acceptors (Lipinski definition) is 1. The van der Waals surface area contributed by atoms with Gasteiger partial charge in [-0.1, -0.05) is 15.9 Å². The van der Waals surface area contributed by atoms with Crippen LogP contribution < -0.4 is 0 Å². The molecule has 1 unspecified atom stereocenters. The number of hydrogen-bond donors (Lipinski definition) is 0. The fourth-order valence-electron chi connectivity index (χ4n) is 1.10. The van der Waals surface area contributed by atoms with Crippen molar-refractivity contribution >= 4 is 33.3 Å². The van der Waals surface area contributed by atoms with Gasteiger partial charge in [0, 0.05) is 10.0 Å². The zero-order valence-electron chi connectivity index (χ0n) is 7.56. The first kappa shape index (κ1) is 11.7. The van der Waals surface area contributed by atoms with E-state index < -0.39 is 12.1 Å². The smallest absolute Gasteiger partial charge is 0.180 e. The molecule has 0 aliphatic rings. The number of carbonyl (C=O) groups excluding carboxylic acids is 1. The number of alkyl halides is 2. The van der Waals surface area contributed by atoms with Crippen LogP contribution in [0.5, 0.6) is 0 Å². The molecule has 0 spiro atoms. The Hall–Kier alpha value is -0.410. The van der Waals surface area contributed by atoms with Crippen LogP contribution in [0.3, 0.4) is 0 Å². The second-order valence-electron chi connectivity index (χ2n) is 2.96. The SMILES string of the molecule is CC(Cl)C(=O)c1cc(Br)cc(CF)c1. The third-order valence-corrected chi connectivity index (χ3v) is 2.41. The topological polar surface area (TPSA) is 17.1 Å². The quantitative estimate of drug-likeness (QED) is 0.609. The lowest BCUT2D eigenvalue weighted by Gasteiger charge is -2.05. The molecule has 0 aromatic heterocycles. The second-order valence-corrected chi connectivity index (χ2v) is 4.53. The maximum Gasteiger partial charge on any atom is 0.180 e. The van der Waals surface area contributed by atoms with Gasteiger partial charge in [0.05, 0.1) is 5.38 Å². The van der Waals surface area contributed by atoms with Gasteiger partial charge in [-0.2, -0.15) is 0 Å². The van der Waals surface area contributed by atoms with E-state index in [1.807, 2.05) is 0 Å². The number of benzene rings is 1. The van der Waals surface area contributed by atoms with Crippen molar-refractivity contribution in [1.82, 2.24) is 0 Å². The molecule has 1 rings (SSSR count). The minimum atomic E-state index is -0.587. The summed E-state index contributed by atoms with van der Waals surface area (Å²) in [5.74, 6) is -0.192. The van der Waals surface area contributed by atoms with E-state index in [1.165, 1.54) is 6.07 Å². The number of Topliss-reactive ketones (excluding diaryl/α,β-unsaturated/α-hetero) is 1. The van der Waals surface area contributed by atoms with Crippen molar-refractivity contribution in [2.75, 3.05) is 0 Å². The minimum absolute atomic E-state index is 0.192. The highest BCUT2D eigenvalue weighted by Crippen LogP contribution is 2.19. The van der Waals surface area contributed by atoms with E-state index in [2.05, 4.69) is 15.9 Å². The summed E-state index contributed by atoms with van der Waals surface area (Å²) in [5.41, 5.74) is 0.912. The first-order valence-electron chi connectivity index (χ1n) is 4.08. The monoisotopic (exact) mass is 278 g/mol.